The maximum absolute atomic E-state index is 13.8. The van der Waals surface area contributed by atoms with Gasteiger partial charge >= 0.3 is 5.97 Å². The van der Waals surface area contributed by atoms with Gasteiger partial charge in [0, 0.05) is 75.4 Å². The minimum atomic E-state index is -2.52. The van der Waals surface area contributed by atoms with Gasteiger partial charge < -0.3 is 28.3 Å². The molecule has 0 aliphatic carbocycles. The van der Waals surface area contributed by atoms with Crippen LogP contribution >= 0.6 is 39.1 Å². The van der Waals surface area contributed by atoms with Gasteiger partial charge in [-0.15, -0.1) is 0 Å². The van der Waals surface area contributed by atoms with Crippen molar-refractivity contribution in [2.45, 2.75) is 57.8 Å². The maximum Gasteiger partial charge on any atom is 0.321 e. The molecule has 4 fully saturated rings. The summed E-state index contributed by atoms with van der Waals surface area (Å²) in [6.45, 7) is 24.8. The van der Waals surface area contributed by atoms with Crippen molar-refractivity contribution < 1.29 is 28.5 Å². The monoisotopic (exact) mass is 787 g/mol. The van der Waals surface area contributed by atoms with Crippen LogP contribution in [-0.2, 0) is 35.5 Å². The first-order valence-electron chi connectivity index (χ1n) is 18.1. The first-order valence-corrected chi connectivity index (χ1v) is 22.2. The number of hydrogen-bond acceptors (Lipinski definition) is 8. The molecule has 51 heavy (non-hydrogen) atoms. The fourth-order valence-electron chi connectivity index (χ4n) is 7.81. The molecule has 0 spiro atoms. The van der Waals surface area contributed by atoms with Gasteiger partial charge in [-0.05, 0) is 12.1 Å². The fourth-order valence-corrected chi connectivity index (χ4v) is 17.8. The highest BCUT2D eigenvalue weighted by molar-refractivity contribution is 7.81. The Hall–Kier alpha value is -0.930. The number of nitrogens with zero attached hydrogens (tertiary/aromatic N) is 7. The second-order valence-corrected chi connectivity index (χ2v) is 23.7. The van der Waals surface area contributed by atoms with Crippen LogP contribution in [0.3, 0.4) is 0 Å². The van der Waals surface area contributed by atoms with Crippen molar-refractivity contribution in [2.75, 3.05) is 112 Å². The predicted octanol–water partition coefficient (Wildman–Crippen LogP) is 5.27. The highest BCUT2D eigenvalue weighted by atomic mass is 32.1. The van der Waals surface area contributed by atoms with E-state index in [1.165, 1.54) is 7.11 Å². The molecule has 0 aromatic carbocycles. The fraction of sp³-hybridized carbons (Fsp3) is 0.794. The molecule has 4 aliphatic rings. The number of carbonyl (C=O) groups excluding carboxylic acids is 1. The summed E-state index contributed by atoms with van der Waals surface area (Å²) >= 11 is 12.5. The van der Waals surface area contributed by atoms with Gasteiger partial charge in [0.1, 0.15) is 25.6 Å². The Morgan fingerprint density at radius 1 is 0.686 bits per heavy atom. The zero-order valence-corrected chi connectivity index (χ0v) is 35.3. The smallest absolute Gasteiger partial charge is 0.321 e. The molecule has 17 heteroatoms. The van der Waals surface area contributed by atoms with E-state index >= 15 is 0 Å². The standard InChI is InChI=1S/C34H59N7O6P2S2/c1-33(2,3)48(38-11-19-44-20-12-38,39-13-21-45-22-14-39)35-30(50)28-10-9-27(37(28)7)29(32(42)43-8)31(51)36-49(34(4,5)6,40-15-23-46-24-16-40)41-17-25-47-26-18-41/h9-10,29H,11-26H2,1-8H3/t29-/m1/s1. The van der Waals surface area contributed by atoms with Crippen molar-refractivity contribution in [3.8, 4) is 0 Å². The Morgan fingerprint density at radius 2 is 1.04 bits per heavy atom. The van der Waals surface area contributed by atoms with Gasteiger partial charge in [-0.2, -0.15) is 0 Å². The summed E-state index contributed by atoms with van der Waals surface area (Å²) in [5, 5.41) is -0.473. The zero-order chi connectivity index (χ0) is 37.0. The molecule has 1 aromatic heterocycles. The lowest BCUT2D eigenvalue weighted by Crippen LogP contribution is -2.48. The number of hydrogen-bond donors (Lipinski definition) is 0. The number of esters is 1. The highest BCUT2D eigenvalue weighted by Crippen LogP contribution is 2.68. The molecule has 13 nitrogen and oxygen atoms in total. The van der Waals surface area contributed by atoms with Crippen LogP contribution < -0.4 is 0 Å². The molecule has 0 N–H and O–H groups in total. The Morgan fingerprint density at radius 3 is 1.37 bits per heavy atom. The van der Waals surface area contributed by atoms with Crippen molar-refractivity contribution in [2.24, 2.45) is 16.5 Å². The average Bonchev–Trinajstić information content (AvgIpc) is 3.50. The lowest BCUT2D eigenvalue weighted by atomic mass is 10.1. The number of carbonyl (C=O) groups is 1. The molecule has 1 atom stereocenters. The second kappa shape index (κ2) is 17.3. The molecule has 0 amide bonds. The molecule has 288 valence electrons. The molecule has 0 saturated carbocycles. The molecule has 5 rings (SSSR count). The lowest BCUT2D eigenvalue weighted by molar-refractivity contribution is -0.140. The number of thiocarbonyl (C=S) groups is 2. The van der Waals surface area contributed by atoms with E-state index in [1.54, 1.807) is 0 Å². The Bertz CT molecular complexity index is 1470. The van der Waals surface area contributed by atoms with Crippen LogP contribution in [0.25, 0.3) is 0 Å². The van der Waals surface area contributed by atoms with E-state index < -0.39 is 26.6 Å². The summed E-state index contributed by atoms with van der Waals surface area (Å²) in [5.41, 5.74) is 1.43. The van der Waals surface area contributed by atoms with Gasteiger partial charge in [-0.1, -0.05) is 66.0 Å². The maximum atomic E-state index is 13.8. The van der Waals surface area contributed by atoms with Crippen molar-refractivity contribution in [1.29, 1.82) is 0 Å². The first-order chi connectivity index (χ1) is 24.2. The summed E-state index contributed by atoms with van der Waals surface area (Å²) in [4.78, 5) is 14.6. The number of rotatable bonds is 8. The number of aromatic nitrogens is 1. The van der Waals surface area contributed by atoms with E-state index in [0.717, 1.165) is 58.1 Å². The van der Waals surface area contributed by atoms with E-state index in [2.05, 4.69) is 60.2 Å². The summed E-state index contributed by atoms with van der Waals surface area (Å²) in [6.07, 6.45) is 0. The summed E-state index contributed by atoms with van der Waals surface area (Å²) < 4.78 is 51.7. The van der Waals surface area contributed by atoms with Crippen LogP contribution in [0.1, 0.15) is 58.8 Å². The molecular formula is C34H59N7O6P2S2. The SMILES string of the molecule is COC(=O)[C@@H](C(=S)N=P(N1CCOCC1)(N1CCOCC1)C(C)(C)C)c1ccc(C(=S)N=P(N2CCOCC2)(N2CCOCC2)C(C)(C)C)n1C. The molecule has 0 unspecified atom stereocenters. The highest BCUT2D eigenvalue weighted by Gasteiger charge is 2.48. The molecule has 1 aromatic rings. The zero-order valence-electron chi connectivity index (χ0n) is 31.8. The normalized spacial score (nSPS) is 22.0. The minimum Gasteiger partial charge on any atom is -0.468 e. The van der Waals surface area contributed by atoms with Crippen LogP contribution in [0.5, 0.6) is 0 Å². The summed E-state index contributed by atoms with van der Waals surface area (Å²) in [7, 11) is -1.57. The summed E-state index contributed by atoms with van der Waals surface area (Å²) in [5.74, 6) is -1.36. The van der Waals surface area contributed by atoms with E-state index in [0.29, 0.717) is 68.5 Å². The molecule has 4 saturated heterocycles. The Kier molecular flexibility index (Phi) is 13.9. The third kappa shape index (κ3) is 8.36. The van der Waals surface area contributed by atoms with Crippen LogP contribution in [0.2, 0.25) is 0 Å². The van der Waals surface area contributed by atoms with E-state index in [1.807, 2.05) is 23.7 Å². The first kappa shape index (κ1) is 41.2. The van der Waals surface area contributed by atoms with Crippen molar-refractivity contribution in [3.05, 3.63) is 23.5 Å². The molecule has 0 bridgehead atoms. The van der Waals surface area contributed by atoms with E-state index in [4.69, 9.17) is 57.6 Å². The topological polar surface area (TPSA) is 106 Å². The third-order valence-electron chi connectivity index (χ3n) is 10.2. The van der Waals surface area contributed by atoms with Crippen LogP contribution in [0, 0.1) is 0 Å². The van der Waals surface area contributed by atoms with Gasteiger partial charge in [0.2, 0.25) is 0 Å². The predicted molar refractivity (Wildman–Crippen MR) is 212 cm³/mol. The molecule has 5 heterocycles. The Labute approximate surface area is 315 Å². The molecule has 4 aliphatic heterocycles. The van der Waals surface area contributed by atoms with E-state index in [9.17, 15) is 4.79 Å². The van der Waals surface area contributed by atoms with Gasteiger partial charge in [0.25, 0.3) is 0 Å². The van der Waals surface area contributed by atoms with Gasteiger partial charge in [0.05, 0.1) is 65.7 Å². The lowest BCUT2D eigenvalue weighted by Gasteiger charge is -2.52. The number of ether oxygens (including phenoxy) is 5. The molecule has 0 radical (unpaired) electrons. The number of morpholine rings is 4. The van der Waals surface area contributed by atoms with Gasteiger partial charge in [-0.3, -0.25) is 23.5 Å². The second-order valence-electron chi connectivity index (χ2n) is 15.2. The van der Waals surface area contributed by atoms with Crippen LogP contribution in [-0.4, -0.2) is 162 Å². The van der Waals surface area contributed by atoms with Crippen molar-refractivity contribution >= 4 is 55.1 Å². The van der Waals surface area contributed by atoms with Crippen molar-refractivity contribution in [1.82, 2.24) is 23.2 Å². The number of methoxy groups -OCH3 is 1. The van der Waals surface area contributed by atoms with Crippen LogP contribution in [0.15, 0.2) is 21.6 Å². The minimum absolute atomic E-state index is 0.201. The third-order valence-corrected chi connectivity index (χ3v) is 20.4. The van der Waals surface area contributed by atoms with Crippen molar-refractivity contribution in [3.63, 3.8) is 0 Å². The average molecular weight is 788 g/mol. The van der Waals surface area contributed by atoms with Gasteiger partial charge in [-0.25, -0.2) is 9.49 Å². The van der Waals surface area contributed by atoms with E-state index in [-0.39, 0.29) is 10.3 Å². The Balaban J connectivity index is 1.62. The van der Waals surface area contributed by atoms with Crippen LogP contribution in [0.4, 0.5) is 0 Å². The largest absolute Gasteiger partial charge is 0.468 e. The summed E-state index contributed by atoms with van der Waals surface area (Å²) in [6, 6.07) is 3.90. The molecular weight excluding hydrogens is 728 g/mol. The van der Waals surface area contributed by atoms with Gasteiger partial charge in [0.15, 0.2) is 4.99 Å². The quantitative estimate of drug-likeness (QED) is 0.195.